The monoisotopic (exact) mass is 270 g/mol. The molecule has 2 rings (SSSR count). The number of hydrogen-bond donors (Lipinski definition) is 0. The smallest absolute Gasteiger partial charge is 0.195 e. The summed E-state index contributed by atoms with van der Waals surface area (Å²) in [5.74, 6) is 0. The molecule has 1 saturated heterocycles. The second kappa shape index (κ2) is 7.81. The van der Waals surface area contributed by atoms with Gasteiger partial charge >= 0.3 is 0 Å². The fourth-order valence-electron chi connectivity index (χ4n) is 1.83. The lowest BCUT2D eigenvalue weighted by Gasteiger charge is -2.34. The van der Waals surface area contributed by atoms with Gasteiger partial charge in [-0.1, -0.05) is 45.2 Å². The van der Waals surface area contributed by atoms with Crippen molar-refractivity contribution in [3.05, 3.63) is 30.3 Å². The standard InChI is InChI=1S/C11H18O2Si2.2CH4/c14-11(8-4-5-9-12-11)13-15-10-6-2-1-3-7-10;;/h1-3,6-7H,4-5,8-9,15H2,14H3;2*1H4. The van der Waals surface area contributed by atoms with Crippen molar-refractivity contribution in [3.63, 3.8) is 0 Å². The first-order valence-corrected chi connectivity index (χ1v) is 7.89. The first-order valence-electron chi connectivity index (χ1n) is 5.60. The minimum absolute atomic E-state index is 0. The van der Waals surface area contributed by atoms with Crippen molar-refractivity contribution in [1.29, 1.82) is 0 Å². The first-order chi connectivity index (χ1) is 7.29. The molecule has 98 valence electrons. The molecule has 17 heavy (non-hydrogen) atoms. The van der Waals surface area contributed by atoms with E-state index in [1.807, 2.05) is 6.07 Å². The van der Waals surface area contributed by atoms with Gasteiger partial charge in [0.2, 0.25) is 0 Å². The van der Waals surface area contributed by atoms with E-state index in [4.69, 9.17) is 9.16 Å². The number of benzene rings is 1. The molecule has 1 fully saturated rings. The van der Waals surface area contributed by atoms with Crippen LogP contribution in [0.3, 0.4) is 0 Å². The summed E-state index contributed by atoms with van der Waals surface area (Å²) >= 11 is 0. The predicted octanol–water partition coefficient (Wildman–Crippen LogP) is 0.904. The maximum absolute atomic E-state index is 6.03. The van der Waals surface area contributed by atoms with Gasteiger partial charge < -0.3 is 9.16 Å². The van der Waals surface area contributed by atoms with Crippen LogP contribution in [0.4, 0.5) is 0 Å². The Hall–Kier alpha value is -0.426. The van der Waals surface area contributed by atoms with E-state index in [2.05, 4.69) is 24.3 Å². The quantitative estimate of drug-likeness (QED) is 0.760. The highest BCUT2D eigenvalue weighted by molar-refractivity contribution is 6.47. The molecule has 0 saturated carbocycles. The molecule has 1 aromatic rings. The summed E-state index contributed by atoms with van der Waals surface area (Å²) in [7, 11) is 0.378. The molecule has 1 aliphatic rings. The Balaban J connectivity index is 0.00000128. The molecule has 0 N–H and O–H groups in total. The lowest BCUT2D eigenvalue weighted by molar-refractivity contribution is -0.142. The Morgan fingerprint density at radius 1 is 1.18 bits per heavy atom. The third-order valence-electron chi connectivity index (χ3n) is 2.82. The fourth-order valence-corrected chi connectivity index (χ4v) is 3.99. The van der Waals surface area contributed by atoms with Crippen LogP contribution in [0.2, 0.25) is 0 Å². The molecular formula is C13H26O2Si2. The second-order valence-corrected chi connectivity index (χ2v) is 7.13. The van der Waals surface area contributed by atoms with Crippen molar-refractivity contribution in [2.75, 3.05) is 6.61 Å². The summed E-state index contributed by atoms with van der Waals surface area (Å²) in [5.41, 5.74) is -0.166. The van der Waals surface area contributed by atoms with Crippen LogP contribution in [-0.2, 0) is 9.16 Å². The Morgan fingerprint density at radius 2 is 1.88 bits per heavy atom. The van der Waals surface area contributed by atoms with Gasteiger partial charge in [0.25, 0.3) is 0 Å². The molecule has 1 unspecified atom stereocenters. The second-order valence-electron chi connectivity index (χ2n) is 4.21. The van der Waals surface area contributed by atoms with Crippen LogP contribution < -0.4 is 5.19 Å². The highest BCUT2D eigenvalue weighted by atomic mass is 28.2. The molecule has 4 heteroatoms. The van der Waals surface area contributed by atoms with Gasteiger partial charge in [0, 0.05) is 6.61 Å². The topological polar surface area (TPSA) is 18.5 Å². The molecule has 0 amide bonds. The van der Waals surface area contributed by atoms with Gasteiger partial charge in [0.1, 0.15) is 5.41 Å². The molecule has 1 aromatic carbocycles. The molecule has 1 aliphatic heterocycles. The molecular weight excluding hydrogens is 244 g/mol. The lowest BCUT2D eigenvalue weighted by Crippen LogP contribution is -2.42. The Bertz CT molecular complexity index is 298. The highest BCUT2D eigenvalue weighted by Gasteiger charge is 2.27. The van der Waals surface area contributed by atoms with Crippen molar-refractivity contribution in [1.82, 2.24) is 0 Å². The summed E-state index contributed by atoms with van der Waals surface area (Å²) in [5, 5.41) is 1.36. The summed E-state index contributed by atoms with van der Waals surface area (Å²) in [6.07, 6.45) is 3.55. The number of ether oxygens (including phenoxy) is 1. The van der Waals surface area contributed by atoms with E-state index in [-0.39, 0.29) is 20.3 Å². The van der Waals surface area contributed by atoms with E-state index in [0.717, 1.165) is 23.3 Å². The van der Waals surface area contributed by atoms with Gasteiger partial charge in [0.05, 0.1) is 10.2 Å². The molecule has 2 nitrogen and oxygen atoms in total. The van der Waals surface area contributed by atoms with Crippen molar-refractivity contribution in [2.45, 2.75) is 39.5 Å². The van der Waals surface area contributed by atoms with Gasteiger partial charge in [-0.3, -0.25) is 0 Å². The van der Waals surface area contributed by atoms with Gasteiger partial charge in [-0.25, -0.2) is 0 Å². The van der Waals surface area contributed by atoms with E-state index in [1.165, 1.54) is 18.0 Å². The average molecular weight is 271 g/mol. The maximum Gasteiger partial charge on any atom is 0.195 e. The first kappa shape index (κ1) is 16.6. The minimum atomic E-state index is -0.603. The minimum Gasteiger partial charge on any atom is -0.396 e. The van der Waals surface area contributed by atoms with Crippen molar-refractivity contribution in [3.8, 4) is 0 Å². The van der Waals surface area contributed by atoms with Crippen LogP contribution in [0.15, 0.2) is 30.3 Å². The number of rotatable bonds is 3. The molecule has 1 atom stereocenters. The number of hydrogen-bond acceptors (Lipinski definition) is 2. The van der Waals surface area contributed by atoms with Crippen molar-refractivity contribution < 1.29 is 9.16 Å². The van der Waals surface area contributed by atoms with E-state index < -0.39 is 9.76 Å². The average Bonchev–Trinajstić information content (AvgIpc) is 2.29. The van der Waals surface area contributed by atoms with E-state index >= 15 is 0 Å². The van der Waals surface area contributed by atoms with Gasteiger partial charge in [0.15, 0.2) is 9.76 Å². The Kier molecular flexibility index (Phi) is 7.62. The SMILES string of the molecule is C.C.[SiH3]C1(O[SiH2]c2ccccc2)CCCCO1. The molecule has 0 aliphatic carbocycles. The van der Waals surface area contributed by atoms with Gasteiger partial charge in [-0.05, 0) is 24.4 Å². The predicted molar refractivity (Wildman–Crippen MR) is 81.6 cm³/mol. The normalized spacial score (nSPS) is 24.2. The molecule has 0 bridgehead atoms. The third-order valence-corrected chi connectivity index (χ3v) is 6.03. The summed E-state index contributed by atoms with van der Waals surface area (Å²) in [6, 6.07) is 10.5. The van der Waals surface area contributed by atoms with Crippen LogP contribution in [0.1, 0.15) is 34.1 Å². The van der Waals surface area contributed by atoms with Crippen molar-refractivity contribution >= 4 is 25.2 Å². The fraction of sp³-hybridized carbons (Fsp3) is 0.538. The van der Waals surface area contributed by atoms with E-state index in [0.29, 0.717) is 0 Å². The van der Waals surface area contributed by atoms with Crippen LogP contribution in [0.25, 0.3) is 0 Å². The van der Waals surface area contributed by atoms with Crippen LogP contribution in [0, 0.1) is 0 Å². The summed E-state index contributed by atoms with van der Waals surface area (Å²) < 4.78 is 11.8. The van der Waals surface area contributed by atoms with E-state index in [9.17, 15) is 0 Å². The van der Waals surface area contributed by atoms with Gasteiger partial charge in [-0.15, -0.1) is 0 Å². The molecule has 0 aromatic heterocycles. The zero-order valence-electron chi connectivity index (χ0n) is 9.24. The van der Waals surface area contributed by atoms with Gasteiger partial charge in [-0.2, -0.15) is 0 Å². The zero-order valence-corrected chi connectivity index (χ0v) is 12.7. The third kappa shape index (κ3) is 5.16. The zero-order chi connectivity index (χ0) is 10.6. The molecule has 0 radical (unpaired) electrons. The maximum atomic E-state index is 6.03. The summed E-state index contributed by atoms with van der Waals surface area (Å²) in [6.45, 7) is 0.882. The van der Waals surface area contributed by atoms with Crippen LogP contribution in [0.5, 0.6) is 0 Å². The van der Waals surface area contributed by atoms with Crippen molar-refractivity contribution in [2.24, 2.45) is 0 Å². The highest BCUT2D eigenvalue weighted by Crippen LogP contribution is 2.22. The van der Waals surface area contributed by atoms with Crippen LogP contribution in [-0.4, -0.2) is 32.0 Å². The largest absolute Gasteiger partial charge is 0.396 e. The Morgan fingerprint density at radius 3 is 2.47 bits per heavy atom. The van der Waals surface area contributed by atoms with Crippen LogP contribution >= 0.6 is 0 Å². The molecule has 1 heterocycles. The lowest BCUT2D eigenvalue weighted by atomic mass is 10.2. The molecule has 0 spiro atoms. The Labute approximate surface area is 111 Å². The summed E-state index contributed by atoms with van der Waals surface area (Å²) in [4.78, 5) is 0. The van der Waals surface area contributed by atoms with E-state index in [1.54, 1.807) is 0 Å².